The van der Waals surface area contributed by atoms with Gasteiger partial charge in [-0.3, -0.25) is 14.6 Å². The van der Waals surface area contributed by atoms with Crippen molar-refractivity contribution in [2.45, 2.75) is 50.9 Å². The van der Waals surface area contributed by atoms with E-state index in [-0.39, 0.29) is 12.3 Å². The Kier molecular flexibility index (Phi) is 6.27. The number of hydrogen-bond acceptors (Lipinski definition) is 4. The Morgan fingerprint density at radius 2 is 1.96 bits per heavy atom. The van der Waals surface area contributed by atoms with Crippen LogP contribution in [-0.2, 0) is 4.79 Å². The minimum Gasteiger partial charge on any atom is -0.497 e. The number of carbonyl (C=O) groups is 2. The number of unbranched alkanes of at least 4 members (excludes halogenated alkanes) is 3. The zero-order chi connectivity index (χ0) is 19.2. The lowest BCUT2D eigenvalue weighted by Crippen LogP contribution is -2.25. The molecular formula is C21H26N2O4. The molecule has 0 unspecified atom stereocenters. The number of carboxylic acid groups (broad SMARTS) is 1. The van der Waals surface area contributed by atoms with Crippen molar-refractivity contribution in [1.82, 2.24) is 10.3 Å². The fourth-order valence-electron chi connectivity index (χ4n) is 3.18. The number of fused-ring (bicyclic) bond motifs is 1. The van der Waals surface area contributed by atoms with Gasteiger partial charge in [0.2, 0.25) is 0 Å². The molecule has 0 atom stereocenters. The summed E-state index contributed by atoms with van der Waals surface area (Å²) in [6.07, 6.45) is 5.77. The number of aromatic nitrogens is 1. The van der Waals surface area contributed by atoms with Crippen LogP contribution in [0.1, 0.15) is 66.9 Å². The van der Waals surface area contributed by atoms with E-state index in [9.17, 15) is 9.59 Å². The number of aliphatic carboxylic acids is 1. The predicted octanol–water partition coefficient (Wildman–Crippen LogP) is 3.89. The van der Waals surface area contributed by atoms with Crippen molar-refractivity contribution in [2.75, 3.05) is 13.7 Å². The normalized spacial score (nSPS) is 13.5. The number of nitrogens with zero attached hydrogens (tertiary/aromatic N) is 1. The third-order valence-electron chi connectivity index (χ3n) is 4.88. The molecule has 0 spiro atoms. The summed E-state index contributed by atoms with van der Waals surface area (Å²) in [5.74, 6) is 0.325. The maximum atomic E-state index is 12.8. The number of methoxy groups -OCH3 is 1. The Bertz CT molecular complexity index is 830. The first-order valence-electron chi connectivity index (χ1n) is 9.57. The van der Waals surface area contributed by atoms with Gasteiger partial charge >= 0.3 is 5.97 Å². The molecule has 1 aliphatic carbocycles. The van der Waals surface area contributed by atoms with Gasteiger partial charge in [0.25, 0.3) is 5.91 Å². The third-order valence-corrected chi connectivity index (χ3v) is 4.88. The lowest BCUT2D eigenvalue weighted by Gasteiger charge is -2.11. The van der Waals surface area contributed by atoms with Crippen LogP contribution < -0.4 is 10.1 Å². The number of pyridine rings is 1. The summed E-state index contributed by atoms with van der Waals surface area (Å²) in [5, 5.41) is 12.4. The van der Waals surface area contributed by atoms with Gasteiger partial charge < -0.3 is 15.2 Å². The van der Waals surface area contributed by atoms with Gasteiger partial charge in [-0.15, -0.1) is 0 Å². The van der Waals surface area contributed by atoms with Gasteiger partial charge in [0.15, 0.2) is 0 Å². The van der Waals surface area contributed by atoms with Gasteiger partial charge in [-0.1, -0.05) is 12.8 Å². The highest BCUT2D eigenvalue weighted by atomic mass is 16.5. The summed E-state index contributed by atoms with van der Waals surface area (Å²) in [5.41, 5.74) is 2.46. The molecule has 1 heterocycles. The molecule has 0 radical (unpaired) electrons. The van der Waals surface area contributed by atoms with Gasteiger partial charge in [0, 0.05) is 30.0 Å². The molecule has 0 aliphatic heterocycles. The predicted molar refractivity (Wildman–Crippen MR) is 103 cm³/mol. The van der Waals surface area contributed by atoms with Gasteiger partial charge in [0.1, 0.15) is 5.75 Å². The highest BCUT2D eigenvalue weighted by molar-refractivity contribution is 6.06. The molecule has 1 amide bonds. The van der Waals surface area contributed by atoms with Crippen LogP contribution in [0.25, 0.3) is 10.9 Å². The van der Waals surface area contributed by atoms with Crippen LogP contribution in [0.5, 0.6) is 5.75 Å². The van der Waals surface area contributed by atoms with E-state index in [1.165, 1.54) is 0 Å². The molecule has 0 bridgehead atoms. The summed E-state index contributed by atoms with van der Waals surface area (Å²) in [6.45, 7) is 0.582. The molecule has 1 aliphatic rings. The number of benzene rings is 1. The fourth-order valence-corrected chi connectivity index (χ4v) is 3.18. The largest absolute Gasteiger partial charge is 0.497 e. The second-order valence-electron chi connectivity index (χ2n) is 7.07. The Balaban J connectivity index is 1.65. The number of amides is 1. The summed E-state index contributed by atoms with van der Waals surface area (Å²) in [6, 6.07) is 7.55. The number of carbonyl (C=O) groups excluding carboxylic acids is 1. The molecule has 1 aromatic heterocycles. The first kappa shape index (κ1) is 19.1. The van der Waals surface area contributed by atoms with Gasteiger partial charge in [-0.05, 0) is 49.9 Å². The molecule has 27 heavy (non-hydrogen) atoms. The highest BCUT2D eigenvalue weighted by Gasteiger charge is 2.27. The average molecular weight is 370 g/mol. The molecule has 1 aromatic carbocycles. The molecule has 2 N–H and O–H groups in total. The van der Waals surface area contributed by atoms with Crippen molar-refractivity contribution in [3.63, 3.8) is 0 Å². The standard InChI is InChI=1S/C21H26N2O4/c1-27-15-9-10-18-16(12-15)17(13-19(23-18)14-7-8-14)21(26)22-11-5-3-2-4-6-20(24)25/h9-10,12-14H,2-8,11H2,1H3,(H,22,26)(H,24,25). The van der Waals surface area contributed by atoms with Crippen molar-refractivity contribution in [2.24, 2.45) is 0 Å². The SMILES string of the molecule is COc1ccc2nc(C3CC3)cc(C(=O)NCCCCCCC(=O)O)c2c1. The molecule has 1 fully saturated rings. The first-order chi connectivity index (χ1) is 13.1. The smallest absolute Gasteiger partial charge is 0.303 e. The monoisotopic (exact) mass is 370 g/mol. The number of ether oxygens (including phenoxy) is 1. The summed E-state index contributed by atoms with van der Waals surface area (Å²) in [4.78, 5) is 28.0. The second kappa shape index (κ2) is 8.84. The van der Waals surface area contributed by atoms with Crippen LogP contribution in [0, 0.1) is 0 Å². The van der Waals surface area contributed by atoms with E-state index in [1.54, 1.807) is 7.11 Å². The quantitative estimate of drug-likeness (QED) is 0.620. The lowest BCUT2D eigenvalue weighted by atomic mass is 10.0. The molecule has 6 nitrogen and oxygen atoms in total. The van der Waals surface area contributed by atoms with E-state index in [2.05, 4.69) is 5.32 Å². The fraction of sp³-hybridized carbons (Fsp3) is 0.476. The van der Waals surface area contributed by atoms with Crippen LogP contribution >= 0.6 is 0 Å². The first-order valence-corrected chi connectivity index (χ1v) is 9.57. The van der Waals surface area contributed by atoms with E-state index in [4.69, 9.17) is 14.8 Å². The van der Waals surface area contributed by atoms with Crippen molar-refractivity contribution in [3.8, 4) is 5.75 Å². The van der Waals surface area contributed by atoms with Gasteiger partial charge in [-0.2, -0.15) is 0 Å². The molecule has 3 rings (SSSR count). The Morgan fingerprint density at radius 3 is 2.67 bits per heavy atom. The molecule has 0 saturated heterocycles. The van der Waals surface area contributed by atoms with Crippen molar-refractivity contribution >= 4 is 22.8 Å². The second-order valence-corrected chi connectivity index (χ2v) is 7.07. The molecular weight excluding hydrogens is 344 g/mol. The van der Waals surface area contributed by atoms with E-state index in [0.29, 0.717) is 30.2 Å². The number of nitrogens with one attached hydrogen (secondary N) is 1. The lowest BCUT2D eigenvalue weighted by molar-refractivity contribution is -0.137. The zero-order valence-corrected chi connectivity index (χ0v) is 15.7. The Hall–Kier alpha value is -2.63. The van der Waals surface area contributed by atoms with Crippen LogP contribution in [0.3, 0.4) is 0 Å². The third kappa shape index (κ3) is 5.18. The zero-order valence-electron chi connectivity index (χ0n) is 15.7. The number of carboxylic acids is 1. The Morgan fingerprint density at radius 1 is 1.19 bits per heavy atom. The minimum absolute atomic E-state index is 0.0944. The molecule has 144 valence electrons. The highest BCUT2D eigenvalue weighted by Crippen LogP contribution is 2.40. The maximum Gasteiger partial charge on any atom is 0.303 e. The summed E-state index contributed by atoms with van der Waals surface area (Å²) < 4.78 is 5.30. The topological polar surface area (TPSA) is 88.5 Å². The van der Waals surface area contributed by atoms with Crippen LogP contribution in [0.2, 0.25) is 0 Å². The van der Waals surface area contributed by atoms with Crippen LogP contribution in [0.4, 0.5) is 0 Å². The van der Waals surface area contributed by atoms with E-state index in [0.717, 1.165) is 48.7 Å². The van der Waals surface area contributed by atoms with Gasteiger partial charge in [0.05, 0.1) is 18.2 Å². The van der Waals surface area contributed by atoms with Crippen molar-refractivity contribution in [3.05, 3.63) is 35.5 Å². The van der Waals surface area contributed by atoms with E-state index >= 15 is 0 Å². The van der Waals surface area contributed by atoms with E-state index in [1.807, 2.05) is 24.3 Å². The Labute approximate surface area is 158 Å². The maximum absolute atomic E-state index is 12.8. The molecule has 1 saturated carbocycles. The minimum atomic E-state index is -0.755. The van der Waals surface area contributed by atoms with Gasteiger partial charge in [-0.25, -0.2) is 0 Å². The summed E-state index contributed by atoms with van der Waals surface area (Å²) in [7, 11) is 1.61. The van der Waals surface area contributed by atoms with Crippen LogP contribution in [-0.4, -0.2) is 35.6 Å². The van der Waals surface area contributed by atoms with Crippen LogP contribution in [0.15, 0.2) is 24.3 Å². The van der Waals surface area contributed by atoms with E-state index < -0.39 is 5.97 Å². The van der Waals surface area contributed by atoms with Crippen molar-refractivity contribution < 1.29 is 19.4 Å². The number of hydrogen-bond donors (Lipinski definition) is 2. The van der Waals surface area contributed by atoms with Crippen molar-refractivity contribution in [1.29, 1.82) is 0 Å². The molecule has 2 aromatic rings. The summed E-state index contributed by atoms with van der Waals surface area (Å²) >= 11 is 0. The molecule has 6 heteroatoms. The number of rotatable bonds is 10. The average Bonchev–Trinajstić information content (AvgIpc) is 3.50.